The molecule has 0 amide bonds. The molecule has 1 N–H and O–H groups in total. The average Bonchev–Trinajstić information content (AvgIpc) is 2.98. The molecule has 1 aromatic rings. The number of pyridine rings is 1. The highest BCUT2D eigenvalue weighted by Crippen LogP contribution is 2.32. The first-order valence-corrected chi connectivity index (χ1v) is 8.92. The van der Waals surface area contributed by atoms with Gasteiger partial charge in [-0.1, -0.05) is 6.07 Å². The fourth-order valence-corrected chi connectivity index (χ4v) is 4.66. The Hall–Kier alpha value is -1.17. The summed E-state index contributed by atoms with van der Waals surface area (Å²) in [4.78, 5) is 15.4. The van der Waals surface area contributed by atoms with Crippen LogP contribution in [-0.2, 0) is 17.8 Å². The lowest BCUT2D eigenvalue weighted by atomic mass is 9.84. The van der Waals surface area contributed by atoms with Crippen LogP contribution in [0.1, 0.15) is 36.4 Å². The molecule has 2 fully saturated rings. The molecule has 0 unspecified atom stereocenters. The smallest absolute Gasteiger partial charge is 0.255 e. The van der Waals surface area contributed by atoms with E-state index in [1.165, 1.54) is 25.0 Å². The molecule has 126 valence electrons. The molecule has 5 nitrogen and oxygen atoms in total. The van der Waals surface area contributed by atoms with Crippen molar-refractivity contribution in [1.82, 2.24) is 14.8 Å². The summed E-state index contributed by atoms with van der Waals surface area (Å²) in [6.07, 6.45) is 3.61. The summed E-state index contributed by atoms with van der Waals surface area (Å²) in [7, 11) is 1.76. The quantitative estimate of drug-likeness (QED) is 0.905. The van der Waals surface area contributed by atoms with Gasteiger partial charge >= 0.3 is 0 Å². The van der Waals surface area contributed by atoms with E-state index in [1.54, 1.807) is 7.11 Å². The lowest BCUT2D eigenvalue weighted by Crippen LogP contribution is -2.46. The van der Waals surface area contributed by atoms with Gasteiger partial charge in [-0.05, 0) is 44.3 Å². The second-order valence-corrected chi connectivity index (χ2v) is 7.38. The van der Waals surface area contributed by atoms with Crippen LogP contribution in [0, 0.1) is 5.92 Å². The predicted octanol–water partition coefficient (Wildman–Crippen LogP) is 1.17. The van der Waals surface area contributed by atoms with Crippen LogP contribution in [0.5, 0.6) is 0 Å². The van der Waals surface area contributed by atoms with Gasteiger partial charge in [-0.25, -0.2) is 0 Å². The molecule has 0 spiro atoms. The highest BCUT2D eigenvalue weighted by Gasteiger charge is 2.32. The van der Waals surface area contributed by atoms with Gasteiger partial charge in [-0.3, -0.25) is 9.69 Å². The van der Waals surface area contributed by atoms with Crippen LogP contribution in [0.15, 0.2) is 16.9 Å². The second-order valence-electron chi connectivity index (χ2n) is 7.38. The molecular formula is C18H27N3O2. The van der Waals surface area contributed by atoms with Crippen molar-refractivity contribution in [3.63, 3.8) is 0 Å². The largest absolute Gasteiger partial charge is 0.383 e. The van der Waals surface area contributed by atoms with Crippen LogP contribution in [0.25, 0.3) is 0 Å². The van der Waals surface area contributed by atoms with Gasteiger partial charge in [-0.15, -0.1) is 0 Å². The summed E-state index contributed by atoms with van der Waals surface area (Å²) in [5.41, 5.74) is 2.42. The average molecular weight is 317 g/mol. The minimum Gasteiger partial charge on any atom is -0.383 e. The maximum Gasteiger partial charge on any atom is 0.255 e. The minimum atomic E-state index is 0.238. The Balaban J connectivity index is 1.59. The molecule has 0 aliphatic carbocycles. The van der Waals surface area contributed by atoms with E-state index in [9.17, 15) is 4.79 Å². The molecule has 0 saturated carbocycles. The van der Waals surface area contributed by atoms with Gasteiger partial charge in [0.05, 0.1) is 6.61 Å². The van der Waals surface area contributed by atoms with E-state index in [0.29, 0.717) is 17.9 Å². The topological polar surface area (TPSA) is 46.5 Å². The SMILES string of the molecule is COC[C@@H]1CCCN1Cc1ccc2n(c1=O)C[C@@H]1CNC[C@H]2C1. The third kappa shape index (κ3) is 2.86. The first-order chi connectivity index (χ1) is 11.3. The normalized spacial score (nSPS) is 30.4. The summed E-state index contributed by atoms with van der Waals surface area (Å²) in [5, 5.41) is 3.50. The summed E-state index contributed by atoms with van der Waals surface area (Å²) >= 11 is 0. The van der Waals surface area contributed by atoms with E-state index in [1.807, 2.05) is 0 Å². The number of hydrogen-bond acceptors (Lipinski definition) is 4. The van der Waals surface area contributed by atoms with Gasteiger partial charge in [0.25, 0.3) is 5.56 Å². The van der Waals surface area contributed by atoms with Crippen LogP contribution >= 0.6 is 0 Å². The summed E-state index contributed by atoms with van der Waals surface area (Å²) < 4.78 is 7.40. The lowest BCUT2D eigenvalue weighted by Gasteiger charge is -2.37. The number of ether oxygens (including phenoxy) is 1. The molecule has 3 aliphatic heterocycles. The standard InChI is InChI=1S/C18H27N3O2/c1-23-12-16-3-2-6-20(16)11-14-4-5-17-15-7-13(8-19-9-15)10-21(17)18(14)22/h4-5,13,15-16,19H,2-3,6-12H2,1H3/t13-,15+,16-/m0/s1. The summed E-state index contributed by atoms with van der Waals surface area (Å²) in [6.45, 7) is 5.55. The Morgan fingerprint density at radius 2 is 2.26 bits per heavy atom. The molecule has 5 heteroatoms. The maximum absolute atomic E-state index is 13.0. The van der Waals surface area contributed by atoms with E-state index in [0.717, 1.165) is 44.9 Å². The number of hydrogen-bond donors (Lipinski definition) is 1. The fraction of sp³-hybridized carbons (Fsp3) is 0.722. The minimum absolute atomic E-state index is 0.238. The van der Waals surface area contributed by atoms with E-state index < -0.39 is 0 Å². The van der Waals surface area contributed by atoms with Crippen LogP contribution < -0.4 is 10.9 Å². The van der Waals surface area contributed by atoms with Crippen molar-refractivity contribution in [1.29, 1.82) is 0 Å². The third-order valence-corrected chi connectivity index (χ3v) is 5.82. The molecule has 2 bridgehead atoms. The molecule has 4 rings (SSSR count). The number of nitrogens with one attached hydrogen (secondary N) is 1. The van der Waals surface area contributed by atoms with Crippen molar-refractivity contribution in [2.45, 2.75) is 44.3 Å². The zero-order chi connectivity index (χ0) is 15.8. The molecule has 4 heterocycles. The number of nitrogens with zero attached hydrogens (tertiary/aromatic N) is 2. The number of likely N-dealkylation sites (tertiary alicyclic amines) is 1. The monoisotopic (exact) mass is 317 g/mol. The van der Waals surface area contributed by atoms with Crippen molar-refractivity contribution < 1.29 is 4.74 Å². The fourth-order valence-electron chi connectivity index (χ4n) is 4.66. The highest BCUT2D eigenvalue weighted by atomic mass is 16.5. The van der Waals surface area contributed by atoms with Crippen molar-refractivity contribution in [3.05, 3.63) is 33.7 Å². The molecule has 2 saturated heterocycles. The van der Waals surface area contributed by atoms with Crippen LogP contribution in [0.4, 0.5) is 0 Å². The predicted molar refractivity (Wildman–Crippen MR) is 89.7 cm³/mol. The molecule has 0 radical (unpaired) electrons. The number of aromatic nitrogens is 1. The number of fused-ring (bicyclic) bond motifs is 4. The first-order valence-electron chi connectivity index (χ1n) is 8.92. The zero-order valence-electron chi connectivity index (χ0n) is 14.0. The van der Waals surface area contributed by atoms with E-state index in [-0.39, 0.29) is 5.56 Å². The van der Waals surface area contributed by atoms with E-state index in [4.69, 9.17) is 4.74 Å². The van der Waals surface area contributed by atoms with E-state index in [2.05, 4.69) is 26.9 Å². The number of piperidine rings is 1. The number of rotatable bonds is 4. The van der Waals surface area contributed by atoms with Gasteiger partial charge in [0, 0.05) is 50.0 Å². The zero-order valence-corrected chi connectivity index (χ0v) is 14.0. The van der Waals surface area contributed by atoms with Crippen molar-refractivity contribution in [2.24, 2.45) is 5.92 Å². The van der Waals surface area contributed by atoms with Crippen molar-refractivity contribution in [3.8, 4) is 0 Å². The molecule has 1 aromatic heterocycles. The van der Waals surface area contributed by atoms with Gasteiger partial charge in [0.1, 0.15) is 0 Å². The summed E-state index contributed by atoms with van der Waals surface area (Å²) in [6, 6.07) is 4.74. The Bertz CT molecular complexity index is 627. The van der Waals surface area contributed by atoms with Crippen LogP contribution in [0.3, 0.4) is 0 Å². The molecule has 23 heavy (non-hydrogen) atoms. The van der Waals surface area contributed by atoms with E-state index >= 15 is 0 Å². The lowest BCUT2D eigenvalue weighted by molar-refractivity contribution is 0.111. The molecule has 0 aromatic carbocycles. The Morgan fingerprint density at radius 1 is 1.35 bits per heavy atom. The Morgan fingerprint density at radius 3 is 3.13 bits per heavy atom. The Labute approximate surface area is 137 Å². The van der Waals surface area contributed by atoms with Crippen molar-refractivity contribution in [2.75, 3.05) is 33.4 Å². The maximum atomic E-state index is 13.0. The van der Waals surface area contributed by atoms with Gasteiger partial charge in [-0.2, -0.15) is 0 Å². The van der Waals surface area contributed by atoms with Crippen LogP contribution in [0.2, 0.25) is 0 Å². The first kappa shape index (κ1) is 15.4. The summed E-state index contributed by atoms with van der Waals surface area (Å²) in [5.74, 6) is 1.12. The Kier molecular flexibility index (Phi) is 4.26. The molecular weight excluding hydrogens is 290 g/mol. The highest BCUT2D eigenvalue weighted by molar-refractivity contribution is 5.22. The van der Waals surface area contributed by atoms with Gasteiger partial charge < -0.3 is 14.6 Å². The third-order valence-electron chi connectivity index (χ3n) is 5.82. The number of methoxy groups -OCH3 is 1. The van der Waals surface area contributed by atoms with Crippen LogP contribution in [-0.4, -0.2) is 48.9 Å². The van der Waals surface area contributed by atoms with Gasteiger partial charge in [0.15, 0.2) is 0 Å². The van der Waals surface area contributed by atoms with Crippen molar-refractivity contribution >= 4 is 0 Å². The molecule has 3 aliphatic rings. The second kappa shape index (κ2) is 6.38. The molecule has 3 atom stereocenters. The van der Waals surface area contributed by atoms with Gasteiger partial charge in [0.2, 0.25) is 0 Å².